The number of quaternary nitrogens is 1. The van der Waals surface area contributed by atoms with Gasteiger partial charge in [0.2, 0.25) is 5.91 Å². The summed E-state index contributed by atoms with van der Waals surface area (Å²) in [4.78, 5) is 23.2. The van der Waals surface area contributed by atoms with E-state index in [2.05, 4.69) is 31.3 Å². The van der Waals surface area contributed by atoms with Crippen LogP contribution < -0.4 is 5.32 Å². The fourth-order valence-electron chi connectivity index (χ4n) is 7.34. The molecular formula is C48H98N2O6P+. The maximum absolute atomic E-state index is 12.9. The number of phosphoric ester groups is 1. The molecule has 0 aromatic rings. The summed E-state index contributed by atoms with van der Waals surface area (Å²) in [6.45, 7) is 4.90. The lowest BCUT2D eigenvalue weighted by Crippen LogP contribution is -2.46. The largest absolute Gasteiger partial charge is 0.472 e. The summed E-state index contributed by atoms with van der Waals surface area (Å²) in [6.07, 6.45) is 46.7. The summed E-state index contributed by atoms with van der Waals surface area (Å²) in [5, 5.41) is 14.0. The number of amides is 1. The Hall–Kier alpha value is -0.760. The van der Waals surface area contributed by atoms with Crippen LogP contribution in [0.4, 0.5) is 0 Å². The van der Waals surface area contributed by atoms with E-state index in [4.69, 9.17) is 9.05 Å². The summed E-state index contributed by atoms with van der Waals surface area (Å²) in [5.41, 5.74) is 0. The van der Waals surface area contributed by atoms with Crippen LogP contribution >= 0.6 is 7.82 Å². The fraction of sp³-hybridized carbons (Fsp3) is 0.938. The molecule has 0 rings (SSSR count). The Labute approximate surface area is 354 Å². The van der Waals surface area contributed by atoms with Gasteiger partial charge in [0.25, 0.3) is 0 Å². The maximum atomic E-state index is 12.9. The van der Waals surface area contributed by atoms with Gasteiger partial charge in [0.05, 0.1) is 39.9 Å². The Morgan fingerprint density at radius 1 is 0.579 bits per heavy atom. The van der Waals surface area contributed by atoms with Gasteiger partial charge in [-0.2, -0.15) is 0 Å². The van der Waals surface area contributed by atoms with Crippen molar-refractivity contribution < 1.29 is 32.9 Å². The molecule has 0 radical (unpaired) electrons. The van der Waals surface area contributed by atoms with Crippen molar-refractivity contribution in [3.8, 4) is 0 Å². The molecule has 0 aliphatic heterocycles. The predicted octanol–water partition coefficient (Wildman–Crippen LogP) is 13.9. The second kappa shape index (κ2) is 40.6. The minimum absolute atomic E-state index is 0.0752. The van der Waals surface area contributed by atoms with Gasteiger partial charge in [-0.25, -0.2) is 4.57 Å². The smallest absolute Gasteiger partial charge is 0.391 e. The van der Waals surface area contributed by atoms with Crippen LogP contribution in [0.15, 0.2) is 12.2 Å². The SMILES string of the molecule is CCCCCCCCC/C=C\CCCCCCCC(=O)NC(COP(=O)(O)OCC[N+](C)(C)C)C(O)CCCCCCCCCCCCCCCCCCCCC. The number of carbonyl (C=O) groups is 1. The van der Waals surface area contributed by atoms with E-state index in [9.17, 15) is 19.4 Å². The Balaban J connectivity index is 4.29. The van der Waals surface area contributed by atoms with Crippen molar-refractivity contribution in [2.45, 2.75) is 251 Å². The zero-order chi connectivity index (χ0) is 42.1. The van der Waals surface area contributed by atoms with E-state index < -0.39 is 20.0 Å². The van der Waals surface area contributed by atoms with Gasteiger partial charge in [0.1, 0.15) is 13.2 Å². The molecule has 0 aromatic heterocycles. The van der Waals surface area contributed by atoms with Crippen molar-refractivity contribution in [3.05, 3.63) is 12.2 Å². The maximum Gasteiger partial charge on any atom is 0.472 e. The van der Waals surface area contributed by atoms with Crippen LogP contribution in [0.1, 0.15) is 239 Å². The average Bonchev–Trinajstić information content (AvgIpc) is 3.16. The third-order valence-corrected chi connectivity index (χ3v) is 12.2. The van der Waals surface area contributed by atoms with Crippen LogP contribution in [0.3, 0.4) is 0 Å². The van der Waals surface area contributed by atoms with Gasteiger partial charge in [0, 0.05) is 6.42 Å². The standard InChI is InChI=1S/C48H97N2O6P/c1-6-8-10-12-14-16-18-20-22-24-25-26-27-29-31-33-35-37-39-41-47(51)46(45-56-57(53,54)55-44-43-50(3,4)5)49-48(52)42-40-38-36-34-32-30-28-23-21-19-17-15-13-11-9-7-2/h23,28,46-47,51H,6-22,24-27,29-45H2,1-5H3,(H-,49,52,53,54)/p+1/b28-23-. The molecule has 0 aliphatic carbocycles. The molecule has 0 heterocycles. The van der Waals surface area contributed by atoms with Crippen molar-refractivity contribution >= 4 is 13.7 Å². The minimum atomic E-state index is -4.31. The number of rotatable bonds is 45. The first-order valence-electron chi connectivity index (χ1n) is 24.6. The van der Waals surface area contributed by atoms with Gasteiger partial charge in [0.15, 0.2) is 0 Å². The molecule has 0 bridgehead atoms. The third kappa shape index (κ3) is 43.1. The number of hydrogen-bond acceptors (Lipinski definition) is 5. The summed E-state index contributed by atoms with van der Waals surface area (Å²) >= 11 is 0. The molecular weight excluding hydrogens is 732 g/mol. The highest BCUT2D eigenvalue weighted by Gasteiger charge is 2.28. The van der Waals surface area contributed by atoms with Gasteiger partial charge in [-0.1, -0.05) is 206 Å². The normalized spacial score (nSPS) is 14.3. The molecule has 340 valence electrons. The van der Waals surface area contributed by atoms with Gasteiger partial charge < -0.3 is 19.8 Å². The van der Waals surface area contributed by atoms with Gasteiger partial charge in [-0.15, -0.1) is 0 Å². The van der Waals surface area contributed by atoms with Gasteiger partial charge in [-0.3, -0.25) is 13.8 Å². The minimum Gasteiger partial charge on any atom is -0.391 e. The van der Waals surface area contributed by atoms with Crippen molar-refractivity contribution in [2.24, 2.45) is 0 Å². The number of aliphatic hydroxyl groups is 1. The van der Waals surface area contributed by atoms with Gasteiger partial charge >= 0.3 is 7.82 Å². The van der Waals surface area contributed by atoms with E-state index in [0.29, 0.717) is 23.9 Å². The first kappa shape index (κ1) is 56.2. The summed E-state index contributed by atoms with van der Waals surface area (Å²) in [7, 11) is 1.62. The first-order valence-corrected chi connectivity index (χ1v) is 26.0. The fourth-order valence-corrected chi connectivity index (χ4v) is 8.07. The lowest BCUT2D eigenvalue weighted by molar-refractivity contribution is -0.870. The lowest BCUT2D eigenvalue weighted by atomic mass is 10.0. The molecule has 8 nitrogen and oxygen atoms in total. The molecule has 3 atom stereocenters. The zero-order valence-corrected chi connectivity index (χ0v) is 39.5. The summed E-state index contributed by atoms with van der Waals surface area (Å²) < 4.78 is 23.7. The number of hydrogen-bond donors (Lipinski definition) is 3. The number of likely N-dealkylation sites (N-methyl/N-ethyl adjacent to an activating group) is 1. The number of unbranched alkanes of at least 4 members (excludes halogenated alkanes) is 30. The van der Waals surface area contributed by atoms with E-state index in [1.165, 1.54) is 161 Å². The number of nitrogens with one attached hydrogen (secondary N) is 1. The molecule has 3 unspecified atom stereocenters. The van der Waals surface area contributed by atoms with E-state index >= 15 is 0 Å². The van der Waals surface area contributed by atoms with Crippen molar-refractivity contribution in [3.63, 3.8) is 0 Å². The summed E-state index contributed by atoms with van der Waals surface area (Å²) in [5.74, 6) is -0.150. The van der Waals surface area contributed by atoms with Crippen molar-refractivity contribution in [2.75, 3.05) is 40.9 Å². The highest BCUT2D eigenvalue weighted by Crippen LogP contribution is 2.43. The van der Waals surface area contributed by atoms with Crippen LogP contribution in [0.5, 0.6) is 0 Å². The molecule has 0 aromatic carbocycles. The second-order valence-corrected chi connectivity index (χ2v) is 19.6. The second-order valence-electron chi connectivity index (χ2n) is 18.2. The average molecular weight is 830 g/mol. The molecule has 0 saturated carbocycles. The Kier molecular flexibility index (Phi) is 40.1. The molecule has 0 spiro atoms. The highest BCUT2D eigenvalue weighted by atomic mass is 31.2. The molecule has 0 fully saturated rings. The van der Waals surface area contributed by atoms with Crippen LogP contribution in [0.2, 0.25) is 0 Å². The van der Waals surface area contributed by atoms with Crippen molar-refractivity contribution in [1.29, 1.82) is 0 Å². The van der Waals surface area contributed by atoms with Crippen LogP contribution in [0, 0.1) is 0 Å². The molecule has 0 saturated heterocycles. The number of allylic oxidation sites excluding steroid dienone is 2. The molecule has 9 heteroatoms. The predicted molar refractivity (Wildman–Crippen MR) is 245 cm³/mol. The Morgan fingerprint density at radius 3 is 1.35 bits per heavy atom. The number of phosphoric acid groups is 1. The topological polar surface area (TPSA) is 105 Å². The molecule has 3 N–H and O–H groups in total. The van der Waals surface area contributed by atoms with Crippen LogP contribution in [-0.2, 0) is 18.4 Å². The lowest BCUT2D eigenvalue weighted by Gasteiger charge is -2.26. The van der Waals surface area contributed by atoms with E-state index in [-0.39, 0.29) is 19.1 Å². The first-order chi connectivity index (χ1) is 27.5. The number of nitrogens with zero attached hydrogens (tertiary/aromatic N) is 1. The molecule has 57 heavy (non-hydrogen) atoms. The monoisotopic (exact) mass is 830 g/mol. The third-order valence-electron chi connectivity index (χ3n) is 11.3. The van der Waals surface area contributed by atoms with E-state index in [1.807, 2.05) is 21.1 Å². The van der Waals surface area contributed by atoms with Crippen LogP contribution in [0.25, 0.3) is 0 Å². The molecule has 0 aliphatic rings. The number of aliphatic hydroxyl groups excluding tert-OH is 1. The quantitative estimate of drug-likeness (QED) is 0.0244. The molecule has 1 amide bonds. The highest BCUT2D eigenvalue weighted by molar-refractivity contribution is 7.47. The summed E-state index contributed by atoms with van der Waals surface area (Å²) in [6, 6.07) is -0.761. The Bertz CT molecular complexity index is 942. The van der Waals surface area contributed by atoms with Crippen LogP contribution in [-0.4, -0.2) is 73.4 Å². The zero-order valence-electron chi connectivity index (χ0n) is 38.6. The van der Waals surface area contributed by atoms with E-state index in [0.717, 1.165) is 51.4 Å². The number of carbonyl (C=O) groups excluding carboxylic acids is 1. The van der Waals surface area contributed by atoms with Gasteiger partial charge in [-0.05, 0) is 38.5 Å². The Morgan fingerprint density at radius 2 is 0.947 bits per heavy atom. The van der Waals surface area contributed by atoms with E-state index in [1.54, 1.807) is 0 Å². The van der Waals surface area contributed by atoms with Crippen molar-refractivity contribution in [1.82, 2.24) is 5.32 Å².